The first-order valence-corrected chi connectivity index (χ1v) is 12.5. The molecule has 3 aromatic heterocycles. The number of halogens is 1. The summed E-state index contributed by atoms with van der Waals surface area (Å²) in [5.41, 5.74) is 11.6. The third-order valence-electron chi connectivity index (χ3n) is 6.35. The Morgan fingerprint density at radius 2 is 1.97 bits per heavy atom. The molecule has 4 N–H and O–H groups in total. The zero-order chi connectivity index (χ0) is 24.7. The molecule has 5 rings (SSSR count). The van der Waals surface area contributed by atoms with Gasteiger partial charge in [-0.05, 0) is 50.1 Å². The van der Waals surface area contributed by atoms with Gasteiger partial charge in [0.15, 0.2) is 5.82 Å². The van der Waals surface area contributed by atoms with Gasteiger partial charge in [0.05, 0.1) is 12.1 Å². The van der Waals surface area contributed by atoms with Crippen molar-refractivity contribution in [2.45, 2.75) is 46.3 Å². The number of nitrogens with one attached hydrogen (secondary N) is 2. The second-order valence-corrected chi connectivity index (χ2v) is 10.2. The van der Waals surface area contributed by atoms with Crippen molar-refractivity contribution in [3.63, 3.8) is 0 Å². The number of fused-ring (bicyclic) bond motifs is 3. The van der Waals surface area contributed by atoms with E-state index in [4.69, 9.17) is 22.3 Å². The number of carbonyl (C=O) groups is 1. The van der Waals surface area contributed by atoms with Crippen molar-refractivity contribution in [1.82, 2.24) is 25.1 Å². The van der Waals surface area contributed by atoms with Gasteiger partial charge in [0, 0.05) is 46.0 Å². The topological polar surface area (TPSA) is 114 Å². The molecule has 1 amide bonds. The Hall–Kier alpha value is -3.27. The lowest BCUT2D eigenvalue weighted by atomic mass is 9.99. The number of hydrogen-bond donors (Lipinski definition) is 3. The van der Waals surface area contributed by atoms with Crippen molar-refractivity contribution in [3.8, 4) is 5.00 Å². The van der Waals surface area contributed by atoms with Gasteiger partial charge in [-0.15, -0.1) is 21.5 Å². The minimum atomic E-state index is -0.499. The summed E-state index contributed by atoms with van der Waals surface area (Å²) in [4.78, 5) is 22.5. The quantitative estimate of drug-likeness (QED) is 0.361. The Morgan fingerprint density at radius 3 is 2.71 bits per heavy atom. The number of aromatic nitrogens is 4. The molecule has 1 aliphatic rings. The van der Waals surface area contributed by atoms with Crippen LogP contribution in [0.25, 0.3) is 5.00 Å². The summed E-state index contributed by atoms with van der Waals surface area (Å²) in [6.45, 7) is 6.92. The molecule has 0 saturated heterocycles. The highest BCUT2D eigenvalue weighted by atomic mass is 35.5. The lowest BCUT2D eigenvalue weighted by Crippen LogP contribution is -2.25. The van der Waals surface area contributed by atoms with Crippen LogP contribution in [0.2, 0.25) is 5.02 Å². The highest BCUT2D eigenvalue weighted by Crippen LogP contribution is 2.39. The summed E-state index contributed by atoms with van der Waals surface area (Å²) in [5.74, 6) is 1.30. The second-order valence-electron chi connectivity index (χ2n) is 8.57. The van der Waals surface area contributed by atoms with Crippen molar-refractivity contribution in [1.29, 1.82) is 0 Å². The van der Waals surface area contributed by atoms with Gasteiger partial charge in [-0.2, -0.15) is 0 Å². The number of carbonyl (C=O) groups excluding carboxylic acids is 1. The fraction of sp³-hybridized carbons (Fsp3) is 0.280. The van der Waals surface area contributed by atoms with Crippen molar-refractivity contribution < 1.29 is 4.79 Å². The van der Waals surface area contributed by atoms with E-state index in [0.29, 0.717) is 23.9 Å². The number of benzene rings is 1. The smallest absolute Gasteiger partial charge is 0.222 e. The number of amides is 1. The number of rotatable bonds is 6. The monoisotopic (exact) mass is 507 g/mol. The van der Waals surface area contributed by atoms with Gasteiger partial charge in [0.2, 0.25) is 5.91 Å². The molecule has 1 atom stereocenters. The normalized spacial score (nSPS) is 14.8. The summed E-state index contributed by atoms with van der Waals surface area (Å²) in [6.07, 6.45) is 1.97. The molecule has 35 heavy (non-hydrogen) atoms. The number of aryl methyl sites for hydroxylation is 2. The Labute approximate surface area is 212 Å². The van der Waals surface area contributed by atoms with Crippen molar-refractivity contribution in [3.05, 3.63) is 86.0 Å². The minimum Gasteiger partial charge on any atom is -0.364 e. The number of H-pyrrole nitrogens is 1. The predicted octanol–water partition coefficient (Wildman–Crippen LogP) is 4.29. The lowest BCUT2D eigenvalue weighted by Gasteiger charge is -2.13. The summed E-state index contributed by atoms with van der Waals surface area (Å²) in [7, 11) is 0. The Kier molecular flexibility index (Phi) is 6.31. The zero-order valence-electron chi connectivity index (χ0n) is 19.7. The molecule has 4 heterocycles. The molecule has 0 aliphatic carbocycles. The van der Waals surface area contributed by atoms with Gasteiger partial charge in [0.25, 0.3) is 0 Å². The first kappa shape index (κ1) is 23.5. The SMILES string of the molecule is Cc1sc2c(c1C)C(c1ccc(Cl)cc1)=N[C@@H](CC(=O)NCc1cc[nH]c1CN)c1nnc(C)n1-2. The van der Waals surface area contributed by atoms with E-state index in [1.807, 2.05) is 48.0 Å². The van der Waals surface area contributed by atoms with Gasteiger partial charge in [0.1, 0.15) is 16.9 Å². The van der Waals surface area contributed by atoms with Crippen LogP contribution in [0.3, 0.4) is 0 Å². The maximum atomic E-state index is 13.1. The maximum absolute atomic E-state index is 13.1. The number of hydrogen-bond acceptors (Lipinski definition) is 6. The molecule has 1 aromatic carbocycles. The van der Waals surface area contributed by atoms with Crippen LogP contribution in [0.15, 0.2) is 41.5 Å². The number of nitrogens with zero attached hydrogens (tertiary/aromatic N) is 4. The Bertz CT molecular complexity index is 1430. The van der Waals surface area contributed by atoms with Crippen LogP contribution in [-0.2, 0) is 17.9 Å². The fourth-order valence-electron chi connectivity index (χ4n) is 4.37. The third kappa shape index (κ3) is 4.31. The minimum absolute atomic E-state index is 0.122. The van der Waals surface area contributed by atoms with Crippen LogP contribution in [0.4, 0.5) is 0 Å². The van der Waals surface area contributed by atoms with E-state index < -0.39 is 6.04 Å². The molecular formula is C25H26ClN7OS. The average molecular weight is 508 g/mol. The molecule has 180 valence electrons. The van der Waals surface area contributed by atoms with Crippen LogP contribution in [0.5, 0.6) is 0 Å². The number of nitrogens with two attached hydrogens (primary N) is 1. The molecule has 0 spiro atoms. The highest BCUT2D eigenvalue weighted by molar-refractivity contribution is 7.15. The van der Waals surface area contributed by atoms with Crippen LogP contribution in [0, 0.1) is 20.8 Å². The second kappa shape index (κ2) is 9.41. The van der Waals surface area contributed by atoms with Gasteiger partial charge in [-0.3, -0.25) is 14.4 Å². The van der Waals surface area contributed by atoms with E-state index in [9.17, 15) is 4.79 Å². The predicted molar refractivity (Wildman–Crippen MR) is 138 cm³/mol. The number of thiophene rings is 1. The molecule has 0 unspecified atom stereocenters. The van der Waals surface area contributed by atoms with Gasteiger partial charge < -0.3 is 16.0 Å². The van der Waals surface area contributed by atoms with Crippen LogP contribution < -0.4 is 11.1 Å². The molecule has 4 aromatic rings. The molecular weight excluding hydrogens is 482 g/mol. The van der Waals surface area contributed by atoms with E-state index in [-0.39, 0.29) is 12.3 Å². The molecule has 0 radical (unpaired) electrons. The first-order chi connectivity index (χ1) is 16.9. The van der Waals surface area contributed by atoms with Crippen LogP contribution in [-0.4, -0.2) is 31.4 Å². The van der Waals surface area contributed by atoms with E-state index in [0.717, 1.165) is 44.5 Å². The summed E-state index contributed by atoms with van der Waals surface area (Å²) >= 11 is 7.85. The van der Waals surface area contributed by atoms with E-state index in [1.165, 1.54) is 4.88 Å². The molecule has 1 aliphatic heterocycles. The zero-order valence-corrected chi connectivity index (χ0v) is 21.3. The largest absolute Gasteiger partial charge is 0.364 e. The standard InChI is InChI=1S/C25H26ClN7OS/c1-13-14(2)35-25-22(13)23(16-4-6-18(26)7-5-16)30-19(24-32-31-15(3)33(24)25)10-21(34)29-12-17-8-9-28-20(17)11-27/h4-9,19,28H,10-12,27H2,1-3H3,(H,29,34)/t19-/m0/s1. The van der Waals surface area contributed by atoms with Gasteiger partial charge in [-0.25, -0.2) is 0 Å². The van der Waals surface area contributed by atoms with Crippen molar-refractivity contribution in [2.75, 3.05) is 0 Å². The fourth-order valence-corrected chi connectivity index (χ4v) is 5.71. The van der Waals surface area contributed by atoms with E-state index in [1.54, 1.807) is 11.3 Å². The highest BCUT2D eigenvalue weighted by Gasteiger charge is 2.32. The van der Waals surface area contributed by atoms with Crippen molar-refractivity contribution >= 4 is 34.6 Å². The van der Waals surface area contributed by atoms with E-state index in [2.05, 4.69) is 34.3 Å². The molecule has 0 saturated carbocycles. The molecule has 8 nitrogen and oxygen atoms in total. The Balaban J connectivity index is 1.55. The Morgan fingerprint density at radius 1 is 1.20 bits per heavy atom. The summed E-state index contributed by atoms with van der Waals surface area (Å²) in [5, 5.41) is 13.5. The van der Waals surface area contributed by atoms with Gasteiger partial charge in [-0.1, -0.05) is 23.7 Å². The molecule has 0 fully saturated rings. The lowest BCUT2D eigenvalue weighted by molar-refractivity contribution is -0.121. The van der Waals surface area contributed by atoms with Gasteiger partial charge >= 0.3 is 0 Å². The third-order valence-corrected chi connectivity index (χ3v) is 7.79. The summed E-state index contributed by atoms with van der Waals surface area (Å²) in [6, 6.07) is 9.08. The van der Waals surface area contributed by atoms with E-state index >= 15 is 0 Å². The summed E-state index contributed by atoms with van der Waals surface area (Å²) < 4.78 is 2.04. The molecule has 10 heteroatoms. The first-order valence-electron chi connectivity index (χ1n) is 11.4. The number of aromatic amines is 1. The van der Waals surface area contributed by atoms with Crippen molar-refractivity contribution in [2.24, 2.45) is 10.7 Å². The average Bonchev–Trinajstić information content (AvgIpc) is 3.51. The maximum Gasteiger partial charge on any atom is 0.222 e. The molecule has 0 bridgehead atoms. The van der Waals surface area contributed by atoms with Crippen LogP contribution in [0.1, 0.15) is 56.9 Å². The van der Waals surface area contributed by atoms with Crippen LogP contribution >= 0.6 is 22.9 Å². The number of aliphatic imine (C=N–C) groups is 1.